The Morgan fingerprint density at radius 2 is 2.09 bits per heavy atom. The van der Waals surface area contributed by atoms with Crippen LogP contribution in [0.4, 0.5) is 25.4 Å². The first kappa shape index (κ1) is 23.2. The number of hydrogen-bond acceptors (Lipinski definition) is 7. The predicted octanol–water partition coefficient (Wildman–Crippen LogP) is 5.15. The van der Waals surface area contributed by atoms with Gasteiger partial charge in [-0.1, -0.05) is 23.5 Å². The smallest absolute Gasteiger partial charge is 0.267 e. The summed E-state index contributed by atoms with van der Waals surface area (Å²) in [5, 5.41) is 10.8. The number of aromatic amines is 1. The second-order valence-corrected chi connectivity index (χ2v) is 9.42. The van der Waals surface area contributed by atoms with E-state index in [9.17, 15) is 8.78 Å². The van der Waals surface area contributed by atoms with Gasteiger partial charge in [0.1, 0.15) is 11.3 Å². The number of aromatic nitrogens is 4. The molecule has 0 saturated carbocycles. The lowest BCUT2D eigenvalue weighted by atomic mass is 10.1. The van der Waals surface area contributed by atoms with Crippen LogP contribution in [-0.4, -0.2) is 63.7 Å². The molecule has 0 spiro atoms. The van der Waals surface area contributed by atoms with Crippen molar-refractivity contribution in [1.82, 2.24) is 25.1 Å². The van der Waals surface area contributed by atoms with E-state index in [2.05, 4.69) is 47.4 Å². The monoisotopic (exact) mass is 493 g/mol. The van der Waals surface area contributed by atoms with E-state index in [1.165, 1.54) is 17.4 Å². The molecule has 4 heterocycles. The highest BCUT2D eigenvalue weighted by Crippen LogP contribution is 2.30. The van der Waals surface area contributed by atoms with Crippen molar-refractivity contribution in [3.8, 4) is 11.1 Å². The van der Waals surface area contributed by atoms with Gasteiger partial charge in [-0.3, -0.25) is 10.00 Å². The molecule has 0 radical (unpaired) electrons. The number of allylic oxidation sites excluding steroid dienone is 2. The van der Waals surface area contributed by atoms with E-state index in [1.54, 1.807) is 19.3 Å². The van der Waals surface area contributed by atoms with Crippen LogP contribution in [0.1, 0.15) is 13.3 Å². The van der Waals surface area contributed by atoms with Crippen molar-refractivity contribution in [3.05, 3.63) is 61.1 Å². The highest BCUT2D eigenvalue weighted by Gasteiger charge is 2.26. The van der Waals surface area contributed by atoms with Crippen molar-refractivity contribution < 1.29 is 8.78 Å². The Balaban J connectivity index is 1.21. The van der Waals surface area contributed by atoms with E-state index >= 15 is 0 Å². The quantitative estimate of drug-likeness (QED) is 0.331. The van der Waals surface area contributed by atoms with Gasteiger partial charge in [0.25, 0.3) is 5.92 Å². The summed E-state index contributed by atoms with van der Waals surface area (Å²) in [5.41, 5.74) is 3.65. The SMILES string of the molecule is C/C=C/C(F)(F)CCN1CCN(c2ccnc(Nc3nc4c#cc(-c5cn[nH]c5)cc4s3)c2)CC1. The fraction of sp³-hybridized carbons (Fsp3) is 0.320. The van der Waals surface area contributed by atoms with Crippen LogP contribution in [0.25, 0.3) is 21.3 Å². The maximum absolute atomic E-state index is 13.7. The van der Waals surface area contributed by atoms with Crippen LogP contribution in [0.3, 0.4) is 0 Å². The summed E-state index contributed by atoms with van der Waals surface area (Å²) < 4.78 is 28.5. The first-order valence-corrected chi connectivity index (χ1v) is 12.3. The van der Waals surface area contributed by atoms with Gasteiger partial charge in [-0.15, -0.1) is 0 Å². The van der Waals surface area contributed by atoms with Crippen molar-refractivity contribution in [1.29, 1.82) is 0 Å². The minimum atomic E-state index is -2.74. The maximum atomic E-state index is 13.7. The number of nitrogens with zero attached hydrogens (tertiary/aromatic N) is 5. The minimum absolute atomic E-state index is 0.151. The largest absolute Gasteiger partial charge is 0.369 e. The number of piperazine rings is 1. The molecule has 2 N–H and O–H groups in total. The Bertz CT molecular complexity index is 1290. The van der Waals surface area contributed by atoms with Gasteiger partial charge in [-0.2, -0.15) is 5.10 Å². The molecule has 7 nitrogen and oxygen atoms in total. The molecule has 3 aromatic heterocycles. The van der Waals surface area contributed by atoms with Crippen LogP contribution in [0.2, 0.25) is 0 Å². The zero-order valence-corrected chi connectivity index (χ0v) is 20.1. The van der Waals surface area contributed by atoms with Crippen LogP contribution >= 0.6 is 11.3 Å². The predicted molar refractivity (Wildman–Crippen MR) is 135 cm³/mol. The first-order chi connectivity index (χ1) is 17.0. The lowest BCUT2D eigenvalue weighted by Crippen LogP contribution is -2.47. The third-order valence-corrected chi connectivity index (χ3v) is 6.86. The number of nitrogens with one attached hydrogen (secondary N) is 2. The first-order valence-electron chi connectivity index (χ1n) is 11.4. The van der Waals surface area contributed by atoms with E-state index < -0.39 is 5.92 Å². The molecule has 0 atom stereocenters. The van der Waals surface area contributed by atoms with E-state index in [-0.39, 0.29) is 6.42 Å². The number of pyridine rings is 1. The number of H-pyrrole nitrogens is 1. The van der Waals surface area contributed by atoms with Crippen molar-refractivity contribution >= 4 is 38.2 Å². The number of fused-ring (bicyclic) bond motifs is 1. The maximum Gasteiger partial charge on any atom is 0.267 e. The average molecular weight is 494 g/mol. The van der Waals surface area contributed by atoms with Gasteiger partial charge in [0.05, 0.1) is 10.9 Å². The number of hydrogen-bond donors (Lipinski definition) is 2. The lowest BCUT2D eigenvalue weighted by molar-refractivity contribution is 0.0329. The van der Waals surface area contributed by atoms with Crippen LogP contribution in [-0.2, 0) is 0 Å². The molecule has 0 unspecified atom stereocenters. The van der Waals surface area contributed by atoms with Gasteiger partial charge in [-0.05, 0) is 31.2 Å². The molecule has 35 heavy (non-hydrogen) atoms. The summed E-state index contributed by atoms with van der Waals surface area (Å²) in [6.45, 7) is 5.07. The molecule has 1 saturated heterocycles. The highest BCUT2D eigenvalue weighted by molar-refractivity contribution is 7.22. The van der Waals surface area contributed by atoms with Gasteiger partial charge in [0.15, 0.2) is 5.13 Å². The Morgan fingerprint density at radius 3 is 2.86 bits per heavy atom. The zero-order valence-electron chi connectivity index (χ0n) is 19.3. The van der Waals surface area contributed by atoms with Crippen molar-refractivity contribution in [2.75, 3.05) is 42.9 Å². The standard InChI is InChI=1S/C25H25F2N7S/c1-2-6-25(26,27)7-9-33-10-12-34(13-11-33)20-5-8-28-23(15-20)32-24-31-21-4-3-18(14-22(21)35-24)19-16-29-30-17-19/h2,5-6,8,14-17H,7,9-13H2,1H3,(H,29,30)(H,28,31,32)/b6-2+. The van der Waals surface area contributed by atoms with Crippen LogP contribution < -0.4 is 10.2 Å². The summed E-state index contributed by atoms with van der Waals surface area (Å²) in [4.78, 5) is 13.4. The second kappa shape index (κ2) is 9.98. The number of alkyl halides is 2. The highest BCUT2D eigenvalue weighted by atomic mass is 32.1. The van der Waals surface area contributed by atoms with Crippen LogP contribution in [0, 0.1) is 12.1 Å². The van der Waals surface area contributed by atoms with E-state index in [4.69, 9.17) is 0 Å². The van der Waals surface area contributed by atoms with Crippen LogP contribution in [0.15, 0.2) is 48.9 Å². The van der Waals surface area contributed by atoms with Gasteiger partial charge in [0.2, 0.25) is 0 Å². The number of thiazole rings is 1. The summed E-state index contributed by atoms with van der Waals surface area (Å²) in [6.07, 6.45) is 7.58. The Labute approximate surface area is 206 Å². The number of anilines is 3. The molecule has 0 aliphatic carbocycles. The molecule has 180 valence electrons. The third-order valence-electron chi connectivity index (χ3n) is 5.94. The third kappa shape index (κ3) is 5.58. The van der Waals surface area contributed by atoms with E-state index in [1.807, 2.05) is 24.4 Å². The zero-order chi connectivity index (χ0) is 24.3. The molecule has 4 aromatic rings. The minimum Gasteiger partial charge on any atom is -0.369 e. The summed E-state index contributed by atoms with van der Waals surface area (Å²) in [6, 6.07) is 12.2. The molecular formula is C25H25F2N7S. The number of halogens is 2. The van der Waals surface area contributed by atoms with E-state index in [0.717, 1.165) is 64.4 Å². The fourth-order valence-electron chi connectivity index (χ4n) is 4.08. The molecular weight excluding hydrogens is 468 g/mol. The summed E-state index contributed by atoms with van der Waals surface area (Å²) in [7, 11) is 0. The van der Waals surface area contributed by atoms with Gasteiger partial charge in [0, 0.05) is 74.4 Å². The summed E-state index contributed by atoms with van der Waals surface area (Å²) in [5.74, 6) is -2.04. The normalized spacial score (nSPS) is 15.1. The van der Waals surface area contributed by atoms with Gasteiger partial charge in [-0.25, -0.2) is 18.7 Å². The molecule has 0 amide bonds. The number of rotatable bonds is 8. The summed E-state index contributed by atoms with van der Waals surface area (Å²) >= 11 is 1.53. The Kier molecular flexibility index (Phi) is 6.61. The topological polar surface area (TPSA) is 73.0 Å². The molecule has 1 aromatic carbocycles. The molecule has 0 bridgehead atoms. The van der Waals surface area contributed by atoms with Crippen LogP contribution in [0.5, 0.6) is 0 Å². The lowest BCUT2D eigenvalue weighted by Gasteiger charge is -2.36. The second-order valence-electron chi connectivity index (χ2n) is 8.39. The molecule has 1 aliphatic heterocycles. The Morgan fingerprint density at radius 1 is 1.23 bits per heavy atom. The molecule has 1 aliphatic rings. The molecule has 10 heteroatoms. The molecule has 5 rings (SSSR count). The van der Waals surface area contributed by atoms with Crippen molar-refractivity contribution in [2.24, 2.45) is 0 Å². The van der Waals surface area contributed by atoms with Gasteiger partial charge < -0.3 is 10.2 Å². The van der Waals surface area contributed by atoms with Gasteiger partial charge >= 0.3 is 0 Å². The fourth-order valence-corrected chi connectivity index (χ4v) is 4.95. The average Bonchev–Trinajstić information content (AvgIpc) is 3.53. The molecule has 1 fully saturated rings. The van der Waals surface area contributed by atoms with Crippen molar-refractivity contribution in [2.45, 2.75) is 19.3 Å². The van der Waals surface area contributed by atoms with E-state index in [0.29, 0.717) is 12.4 Å². The van der Waals surface area contributed by atoms with Crippen molar-refractivity contribution in [3.63, 3.8) is 0 Å². The Hall–Kier alpha value is -3.55.